The van der Waals surface area contributed by atoms with Gasteiger partial charge in [0.05, 0.1) is 0 Å². The van der Waals surface area contributed by atoms with Gasteiger partial charge in [-0.25, -0.2) is 4.98 Å². The maximum absolute atomic E-state index is 6.03. The van der Waals surface area contributed by atoms with Crippen LogP contribution in [0.4, 0.5) is 0 Å². The van der Waals surface area contributed by atoms with E-state index in [0.29, 0.717) is 11.6 Å². The Kier molecular flexibility index (Phi) is 2.97. The third-order valence-corrected chi connectivity index (χ3v) is 4.14. The monoisotopic (exact) mass is 287 g/mol. The van der Waals surface area contributed by atoms with E-state index >= 15 is 0 Å². The smallest absolute Gasteiger partial charge is 0.227 e. The zero-order valence-corrected chi connectivity index (χ0v) is 12.7. The maximum Gasteiger partial charge on any atom is 0.227 e. The van der Waals surface area contributed by atoms with Crippen LogP contribution in [0.25, 0.3) is 33.2 Å². The van der Waals surface area contributed by atoms with E-state index in [1.807, 2.05) is 6.07 Å². The highest BCUT2D eigenvalue weighted by atomic mass is 16.3. The Morgan fingerprint density at radius 3 is 2.59 bits per heavy atom. The summed E-state index contributed by atoms with van der Waals surface area (Å²) < 4.78 is 6.03. The molecular formula is C20H17NO. The number of aromatic nitrogens is 1. The van der Waals surface area contributed by atoms with Crippen LogP contribution in [0.2, 0.25) is 0 Å². The molecule has 22 heavy (non-hydrogen) atoms. The predicted octanol–water partition coefficient (Wildman–Crippen LogP) is 5.77. The van der Waals surface area contributed by atoms with Gasteiger partial charge in [0.2, 0.25) is 5.71 Å². The van der Waals surface area contributed by atoms with Crippen LogP contribution >= 0.6 is 0 Å². The minimum absolute atomic E-state index is 0.511. The lowest BCUT2D eigenvalue weighted by Gasteiger charge is -2.08. The molecule has 0 spiro atoms. The molecule has 2 heteroatoms. The Hall–Kier alpha value is -2.61. The van der Waals surface area contributed by atoms with E-state index in [-0.39, 0.29) is 0 Å². The van der Waals surface area contributed by atoms with Crippen molar-refractivity contribution in [3.63, 3.8) is 0 Å². The van der Waals surface area contributed by atoms with Crippen LogP contribution in [0.3, 0.4) is 0 Å². The molecule has 0 N–H and O–H groups in total. The normalized spacial score (nSPS) is 11.6. The third-order valence-electron chi connectivity index (χ3n) is 4.14. The van der Waals surface area contributed by atoms with Gasteiger partial charge in [-0.3, -0.25) is 0 Å². The van der Waals surface area contributed by atoms with Crippen molar-refractivity contribution in [3.05, 3.63) is 66.4 Å². The maximum atomic E-state index is 6.03. The van der Waals surface area contributed by atoms with Gasteiger partial charge in [0.25, 0.3) is 0 Å². The quantitative estimate of drug-likeness (QED) is 0.467. The van der Waals surface area contributed by atoms with Crippen LogP contribution in [-0.4, -0.2) is 4.98 Å². The van der Waals surface area contributed by atoms with Gasteiger partial charge in [-0.05, 0) is 29.2 Å². The molecule has 2 nitrogen and oxygen atoms in total. The van der Waals surface area contributed by atoms with E-state index in [1.54, 1.807) is 6.20 Å². The molecule has 2 aromatic heterocycles. The van der Waals surface area contributed by atoms with E-state index in [1.165, 1.54) is 11.1 Å². The molecule has 0 fully saturated rings. The Morgan fingerprint density at radius 2 is 1.73 bits per heavy atom. The summed E-state index contributed by atoms with van der Waals surface area (Å²) >= 11 is 0. The number of furan rings is 1. The second-order valence-electron chi connectivity index (χ2n) is 5.92. The highest BCUT2D eigenvalue weighted by Crippen LogP contribution is 2.35. The van der Waals surface area contributed by atoms with Gasteiger partial charge in [-0.2, -0.15) is 0 Å². The molecule has 108 valence electrons. The highest BCUT2D eigenvalue weighted by Gasteiger charge is 2.12. The van der Waals surface area contributed by atoms with Crippen molar-refractivity contribution in [1.29, 1.82) is 0 Å². The van der Waals surface area contributed by atoms with Crippen molar-refractivity contribution >= 4 is 22.1 Å². The van der Waals surface area contributed by atoms with E-state index in [0.717, 1.165) is 21.9 Å². The lowest BCUT2D eigenvalue weighted by atomic mass is 9.96. The van der Waals surface area contributed by atoms with Gasteiger partial charge in [-0.15, -0.1) is 0 Å². The minimum atomic E-state index is 0.511. The molecule has 4 rings (SSSR count). The zero-order valence-electron chi connectivity index (χ0n) is 12.7. The Balaban J connectivity index is 2.01. The number of benzene rings is 2. The topological polar surface area (TPSA) is 26.0 Å². The fourth-order valence-electron chi connectivity index (χ4n) is 2.93. The summed E-state index contributed by atoms with van der Waals surface area (Å²) in [5.41, 5.74) is 5.26. The molecule has 0 bridgehead atoms. The molecule has 0 amide bonds. The first-order valence-electron chi connectivity index (χ1n) is 7.60. The van der Waals surface area contributed by atoms with Crippen LogP contribution in [-0.2, 0) is 0 Å². The van der Waals surface area contributed by atoms with Crippen molar-refractivity contribution < 1.29 is 4.42 Å². The molecule has 0 radical (unpaired) electrons. The summed E-state index contributed by atoms with van der Waals surface area (Å²) in [5.74, 6) is 0.511. The third kappa shape index (κ3) is 2.00. The molecule has 0 saturated heterocycles. The van der Waals surface area contributed by atoms with Crippen molar-refractivity contribution in [1.82, 2.24) is 4.98 Å². The molecule has 0 atom stereocenters. The predicted molar refractivity (Wildman–Crippen MR) is 91.0 cm³/mol. The highest BCUT2D eigenvalue weighted by molar-refractivity contribution is 6.08. The summed E-state index contributed by atoms with van der Waals surface area (Å²) in [7, 11) is 0. The SMILES string of the molecule is CC(C)c1cccc(-c2cccc3c2oc2ncccc23)c1. The van der Waals surface area contributed by atoms with Gasteiger partial charge in [0.15, 0.2) is 0 Å². The number of nitrogens with zero attached hydrogens (tertiary/aromatic N) is 1. The van der Waals surface area contributed by atoms with Gasteiger partial charge in [0.1, 0.15) is 5.58 Å². The van der Waals surface area contributed by atoms with Crippen LogP contribution in [0.5, 0.6) is 0 Å². The van der Waals surface area contributed by atoms with Crippen LogP contribution in [0, 0.1) is 0 Å². The Labute approximate surface area is 129 Å². The van der Waals surface area contributed by atoms with Crippen molar-refractivity contribution in [3.8, 4) is 11.1 Å². The van der Waals surface area contributed by atoms with Crippen molar-refractivity contribution in [2.45, 2.75) is 19.8 Å². The van der Waals surface area contributed by atoms with Crippen LogP contribution < -0.4 is 0 Å². The zero-order chi connectivity index (χ0) is 15.1. The molecule has 4 aromatic rings. The number of hydrogen-bond donors (Lipinski definition) is 0. The van der Waals surface area contributed by atoms with Gasteiger partial charge in [0, 0.05) is 22.5 Å². The second kappa shape index (κ2) is 4.99. The first kappa shape index (κ1) is 13.1. The second-order valence-corrected chi connectivity index (χ2v) is 5.92. The van der Waals surface area contributed by atoms with Gasteiger partial charge in [-0.1, -0.05) is 56.3 Å². The largest absolute Gasteiger partial charge is 0.437 e. The van der Waals surface area contributed by atoms with Gasteiger partial charge >= 0.3 is 0 Å². The van der Waals surface area contributed by atoms with Gasteiger partial charge < -0.3 is 4.42 Å². The number of rotatable bonds is 2. The van der Waals surface area contributed by atoms with Crippen LogP contribution in [0.1, 0.15) is 25.3 Å². The molecular weight excluding hydrogens is 270 g/mol. The Morgan fingerprint density at radius 1 is 0.909 bits per heavy atom. The van der Waals surface area contributed by atoms with E-state index in [9.17, 15) is 0 Å². The molecule has 0 unspecified atom stereocenters. The fourth-order valence-corrected chi connectivity index (χ4v) is 2.93. The Bertz CT molecular complexity index is 966. The molecule has 0 aliphatic heterocycles. The van der Waals surface area contributed by atoms with Crippen molar-refractivity contribution in [2.75, 3.05) is 0 Å². The first-order chi connectivity index (χ1) is 10.7. The first-order valence-corrected chi connectivity index (χ1v) is 7.60. The average molecular weight is 287 g/mol. The summed E-state index contributed by atoms with van der Waals surface area (Å²) in [5, 5.41) is 2.19. The van der Waals surface area contributed by atoms with E-state index in [2.05, 4.69) is 67.4 Å². The minimum Gasteiger partial charge on any atom is -0.437 e. The molecule has 2 heterocycles. The number of para-hydroxylation sites is 1. The standard InChI is InChI=1S/C20H17NO/c1-13(2)14-6-3-7-15(12-14)16-8-4-9-17-18-10-5-11-21-20(18)22-19(16)17/h3-13H,1-2H3. The molecule has 0 saturated carbocycles. The summed E-state index contributed by atoms with van der Waals surface area (Å²) in [6.07, 6.45) is 1.77. The lowest BCUT2D eigenvalue weighted by Crippen LogP contribution is -1.88. The molecule has 2 aromatic carbocycles. The number of pyridine rings is 1. The summed E-state index contributed by atoms with van der Waals surface area (Å²) in [6, 6.07) is 19.0. The van der Waals surface area contributed by atoms with Crippen molar-refractivity contribution in [2.24, 2.45) is 0 Å². The summed E-state index contributed by atoms with van der Waals surface area (Å²) in [4.78, 5) is 4.33. The molecule has 0 aliphatic rings. The fraction of sp³-hybridized carbons (Fsp3) is 0.150. The van der Waals surface area contributed by atoms with E-state index < -0.39 is 0 Å². The average Bonchev–Trinajstić information content (AvgIpc) is 2.93. The number of hydrogen-bond acceptors (Lipinski definition) is 2. The molecule has 0 aliphatic carbocycles. The summed E-state index contributed by atoms with van der Waals surface area (Å²) in [6.45, 7) is 4.43. The van der Waals surface area contributed by atoms with Crippen LogP contribution in [0.15, 0.2) is 65.2 Å². The van der Waals surface area contributed by atoms with E-state index in [4.69, 9.17) is 4.42 Å². The lowest BCUT2D eigenvalue weighted by molar-refractivity contribution is 0.655. The number of fused-ring (bicyclic) bond motifs is 3.